The van der Waals surface area contributed by atoms with Crippen molar-refractivity contribution >= 4 is 11.7 Å². The first-order valence-electron chi connectivity index (χ1n) is 8.42. The molecule has 8 heteroatoms. The van der Waals surface area contributed by atoms with E-state index in [0.717, 1.165) is 19.4 Å². The molecule has 0 aliphatic carbocycles. The lowest BCUT2D eigenvalue weighted by Gasteiger charge is -2.13. The molecule has 1 atom stereocenters. The fourth-order valence-electron chi connectivity index (χ4n) is 2.89. The maximum absolute atomic E-state index is 13.7. The monoisotopic (exact) mass is 363 g/mol. The van der Waals surface area contributed by atoms with Crippen LogP contribution in [-0.4, -0.2) is 51.5 Å². The second-order valence-electron chi connectivity index (χ2n) is 6.30. The van der Waals surface area contributed by atoms with Gasteiger partial charge in [0.25, 0.3) is 5.91 Å². The number of nitrogens with zero attached hydrogens (tertiary/aromatic N) is 2. The molecule has 1 aliphatic rings. The number of rotatable bonds is 6. The molecule has 140 valence electrons. The SMILES string of the molecule is COc1cc(-c2onc(N(C)C)c2C(=O)NC[C@@H]2CCCO2)ccc1F. The van der Waals surface area contributed by atoms with Crippen LogP contribution in [0.4, 0.5) is 10.2 Å². The molecular formula is C18H22FN3O4. The molecule has 2 heterocycles. The van der Waals surface area contributed by atoms with Crippen molar-refractivity contribution in [2.45, 2.75) is 18.9 Å². The van der Waals surface area contributed by atoms with Gasteiger partial charge in [0, 0.05) is 32.8 Å². The number of amides is 1. The number of hydrogen-bond acceptors (Lipinski definition) is 6. The van der Waals surface area contributed by atoms with Crippen molar-refractivity contribution in [2.24, 2.45) is 0 Å². The Morgan fingerprint density at radius 2 is 2.27 bits per heavy atom. The van der Waals surface area contributed by atoms with E-state index < -0.39 is 5.82 Å². The van der Waals surface area contributed by atoms with Gasteiger partial charge in [-0.3, -0.25) is 4.79 Å². The Kier molecular flexibility index (Phi) is 5.41. The molecule has 3 rings (SSSR count). The minimum Gasteiger partial charge on any atom is -0.494 e. The largest absolute Gasteiger partial charge is 0.494 e. The number of hydrogen-bond donors (Lipinski definition) is 1. The molecule has 1 amide bonds. The molecule has 0 radical (unpaired) electrons. The van der Waals surface area contributed by atoms with Crippen molar-refractivity contribution < 1.29 is 23.2 Å². The first kappa shape index (κ1) is 18.2. The summed E-state index contributed by atoms with van der Waals surface area (Å²) in [7, 11) is 4.91. The first-order chi connectivity index (χ1) is 12.5. The molecule has 1 fully saturated rings. The van der Waals surface area contributed by atoms with Gasteiger partial charge in [0.05, 0.1) is 13.2 Å². The summed E-state index contributed by atoms with van der Waals surface area (Å²) in [6, 6.07) is 4.26. The van der Waals surface area contributed by atoms with Crippen LogP contribution in [0.2, 0.25) is 0 Å². The highest BCUT2D eigenvalue weighted by atomic mass is 19.1. The van der Waals surface area contributed by atoms with E-state index in [1.807, 2.05) is 0 Å². The van der Waals surface area contributed by atoms with Gasteiger partial charge in [0.2, 0.25) is 0 Å². The maximum atomic E-state index is 13.7. The van der Waals surface area contributed by atoms with E-state index in [1.165, 1.54) is 25.3 Å². The molecule has 0 spiro atoms. The molecule has 7 nitrogen and oxygen atoms in total. The molecule has 2 aromatic rings. The molecule has 1 saturated heterocycles. The predicted octanol–water partition coefficient (Wildman–Crippen LogP) is 2.46. The minimum absolute atomic E-state index is 0.0241. The van der Waals surface area contributed by atoms with Crippen molar-refractivity contribution in [1.82, 2.24) is 10.5 Å². The zero-order valence-electron chi connectivity index (χ0n) is 15.0. The number of anilines is 1. The van der Waals surface area contributed by atoms with Crippen molar-refractivity contribution in [3.05, 3.63) is 29.6 Å². The van der Waals surface area contributed by atoms with E-state index in [4.69, 9.17) is 14.0 Å². The molecule has 0 unspecified atom stereocenters. The highest BCUT2D eigenvalue weighted by molar-refractivity contribution is 6.04. The Labute approximate surface area is 151 Å². The van der Waals surface area contributed by atoms with Crippen LogP contribution in [0.1, 0.15) is 23.2 Å². The van der Waals surface area contributed by atoms with Gasteiger partial charge in [-0.05, 0) is 31.0 Å². The summed E-state index contributed by atoms with van der Waals surface area (Å²) in [5.41, 5.74) is 0.799. The Hall–Kier alpha value is -2.61. The molecule has 1 aromatic carbocycles. The van der Waals surface area contributed by atoms with Gasteiger partial charge in [-0.1, -0.05) is 5.16 Å². The zero-order chi connectivity index (χ0) is 18.7. The predicted molar refractivity (Wildman–Crippen MR) is 94.1 cm³/mol. The van der Waals surface area contributed by atoms with Crippen LogP contribution < -0.4 is 15.0 Å². The summed E-state index contributed by atoms with van der Waals surface area (Å²) in [5, 5.41) is 6.87. The van der Waals surface area contributed by atoms with Crippen LogP contribution >= 0.6 is 0 Å². The minimum atomic E-state index is -0.493. The molecule has 1 aromatic heterocycles. The lowest BCUT2D eigenvalue weighted by molar-refractivity contribution is 0.0858. The third kappa shape index (κ3) is 3.65. The Morgan fingerprint density at radius 1 is 1.46 bits per heavy atom. The maximum Gasteiger partial charge on any atom is 0.259 e. The lowest BCUT2D eigenvalue weighted by atomic mass is 10.1. The topological polar surface area (TPSA) is 76.8 Å². The summed E-state index contributed by atoms with van der Waals surface area (Å²) in [4.78, 5) is 14.5. The summed E-state index contributed by atoms with van der Waals surface area (Å²) < 4.78 is 29.7. The molecule has 1 N–H and O–H groups in total. The number of halogens is 1. The third-order valence-electron chi connectivity index (χ3n) is 4.25. The lowest BCUT2D eigenvalue weighted by Crippen LogP contribution is -2.32. The quantitative estimate of drug-likeness (QED) is 0.850. The summed E-state index contributed by atoms with van der Waals surface area (Å²) in [6.45, 7) is 1.14. The van der Waals surface area contributed by atoms with E-state index in [-0.39, 0.29) is 23.5 Å². The number of methoxy groups -OCH3 is 1. The van der Waals surface area contributed by atoms with Gasteiger partial charge < -0.3 is 24.2 Å². The number of ether oxygens (including phenoxy) is 2. The average Bonchev–Trinajstić information content (AvgIpc) is 3.29. The first-order valence-corrected chi connectivity index (χ1v) is 8.42. The number of aromatic nitrogens is 1. The smallest absolute Gasteiger partial charge is 0.259 e. The zero-order valence-corrected chi connectivity index (χ0v) is 15.0. The average molecular weight is 363 g/mol. The fourth-order valence-corrected chi connectivity index (χ4v) is 2.89. The standard InChI is InChI=1S/C18H22FN3O4/c1-22(2)17-15(18(23)20-10-12-5-4-8-25-12)16(26-21-17)11-6-7-13(19)14(9-11)24-3/h6-7,9,12H,4-5,8,10H2,1-3H3,(H,20,23)/t12-/m0/s1. The van der Waals surface area contributed by atoms with Crippen LogP contribution in [0.5, 0.6) is 5.75 Å². The van der Waals surface area contributed by atoms with Gasteiger partial charge in [-0.15, -0.1) is 0 Å². The van der Waals surface area contributed by atoms with Crippen LogP contribution in [0.3, 0.4) is 0 Å². The van der Waals surface area contributed by atoms with Crippen LogP contribution in [-0.2, 0) is 4.74 Å². The second-order valence-corrected chi connectivity index (χ2v) is 6.30. The third-order valence-corrected chi connectivity index (χ3v) is 4.25. The van der Waals surface area contributed by atoms with Crippen molar-refractivity contribution in [3.63, 3.8) is 0 Å². The highest BCUT2D eigenvalue weighted by Gasteiger charge is 2.27. The van der Waals surface area contributed by atoms with E-state index in [9.17, 15) is 9.18 Å². The van der Waals surface area contributed by atoms with Gasteiger partial charge in [-0.25, -0.2) is 4.39 Å². The van der Waals surface area contributed by atoms with Gasteiger partial charge >= 0.3 is 0 Å². The van der Waals surface area contributed by atoms with E-state index >= 15 is 0 Å². The molecular weight excluding hydrogens is 341 g/mol. The number of carbonyl (C=O) groups is 1. The normalized spacial score (nSPS) is 16.5. The van der Waals surface area contributed by atoms with Gasteiger partial charge in [0.1, 0.15) is 5.56 Å². The van der Waals surface area contributed by atoms with E-state index in [2.05, 4.69) is 10.5 Å². The second kappa shape index (κ2) is 7.74. The Balaban J connectivity index is 1.92. The van der Waals surface area contributed by atoms with Crippen molar-refractivity contribution in [1.29, 1.82) is 0 Å². The number of carbonyl (C=O) groups excluding carboxylic acids is 1. The highest BCUT2D eigenvalue weighted by Crippen LogP contribution is 2.33. The summed E-state index contributed by atoms with van der Waals surface area (Å²) >= 11 is 0. The summed E-state index contributed by atoms with van der Waals surface area (Å²) in [6.07, 6.45) is 1.94. The van der Waals surface area contributed by atoms with E-state index in [0.29, 0.717) is 23.5 Å². The van der Waals surface area contributed by atoms with Crippen LogP contribution in [0, 0.1) is 5.82 Å². The van der Waals surface area contributed by atoms with Crippen LogP contribution in [0.15, 0.2) is 22.7 Å². The van der Waals surface area contributed by atoms with Gasteiger partial charge in [0.15, 0.2) is 23.1 Å². The number of nitrogens with one attached hydrogen (secondary N) is 1. The Morgan fingerprint density at radius 3 is 2.92 bits per heavy atom. The fraction of sp³-hybridized carbons (Fsp3) is 0.444. The Bertz CT molecular complexity index is 785. The molecule has 0 saturated carbocycles. The molecule has 26 heavy (non-hydrogen) atoms. The van der Waals surface area contributed by atoms with Crippen LogP contribution in [0.25, 0.3) is 11.3 Å². The summed E-state index contributed by atoms with van der Waals surface area (Å²) in [5.74, 6) is -0.0855. The molecule has 0 bridgehead atoms. The van der Waals surface area contributed by atoms with Gasteiger partial charge in [-0.2, -0.15) is 0 Å². The van der Waals surface area contributed by atoms with Crippen molar-refractivity contribution in [3.8, 4) is 17.1 Å². The molecule has 1 aliphatic heterocycles. The van der Waals surface area contributed by atoms with Crippen molar-refractivity contribution in [2.75, 3.05) is 39.3 Å². The van der Waals surface area contributed by atoms with E-state index in [1.54, 1.807) is 19.0 Å². The number of benzene rings is 1.